The Kier molecular flexibility index (Phi) is 4.59. The number of nitrogens with zero attached hydrogens (tertiary/aromatic N) is 1. The van der Waals surface area contributed by atoms with Crippen LogP contribution >= 0.6 is 0 Å². The van der Waals surface area contributed by atoms with Gasteiger partial charge in [-0.2, -0.15) is 0 Å². The molecule has 0 saturated carbocycles. The average molecular weight is 260 g/mol. The highest BCUT2D eigenvalue weighted by atomic mass is 16.2. The molecule has 0 aliphatic carbocycles. The van der Waals surface area contributed by atoms with Gasteiger partial charge in [-0.1, -0.05) is 17.7 Å². The first-order chi connectivity index (χ1) is 9.11. The second-order valence-corrected chi connectivity index (χ2v) is 5.63. The van der Waals surface area contributed by atoms with Crippen molar-refractivity contribution in [3.05, 3.63) is 34.9 Å². The lowest BCUT2D eigenvalue weighted by Crippen LogP contribution is -2.39. The van der Waals surface area contributed by atoms with E-state index in [9.17, 15) is 4.79 Å². The maximum absolute atomic E-state index is 12.5. The lowest BCUT2D eigenvalue weighted by molar-refractivity contribution is 0.0687. The Morgan fingerprint density at radius 3 is 2.63 bits per heavy atom. The second-order valence-electron chi connectivity index (χ2n) is 5.63. The van der Waals surface area contributed by atoms with Crippen molar-refractivity contribution < 1.29 is 4.79 Å². The number of hydrogen-bond donors (Lipinski definition) is 1. The van der Waals surface area contributed by atoms with Crippen molar-refractivity contribution in [3.63, 3.8) is 0 Å². The number of likely N-dealkylation sites (tertiary alicyclic amines) is 1. The summed E-state index contributed by atoms with van der Waals surface area (Å²) in [6.07, 6.45) is 3.27. The normalized spacial score (nSPS) is 16.7. The van der Waals surface area contributed by atoms with Crippen LogP contribution in [0.5, 0.6) is 0 Å². The Labute approximate surface area is 115 Å². The van der Waals surface area contributed by atoms with Gasteiger partial charge in [0.1, 0.15) is 0 Å². The predicted octanol–water partition coefficient (Wildman–Crippen LogP) is 2.50. The first kappa shape index (κ1) is 14.1. The number of amides is 1. The van der Waals surface area contributed by atoms with Crippen LogP contribution in [0, 0.1) is 19.8 Å². The van der Waals surface area contributed by atoms with Crippen LogP contribution in [0.1, 0.15) is 40.7 Å². The molecular weight excluding hydrogens is 236 g/mol. The van der Waals surface area contributed by atoms with E-state index in [0.717, 1.165) is 55.6 Å². The SMILES string of the molecule is Cc1ccc(C)c(C(=O)N2CCC(CCN)CC2)c1. The molecule has 2 rings (SSSR count). The van der Waals surface area contributed by atoms with E-state index in [2.05, 4.69) is 6.07 Å². The van der Waals surface area contributed by atoms with E-state index in [1.165, 1.54) is 0 Å². The summed E-state index contributed by atoms with van der Waals surface area (Å²) in [4.78, 5) is 14.5. The van der Waals surface area contributed by atoms with Gasteiger partial charge in [-0.25, -0.2) is 0 Å². The summed E-state index contributed by atoms with van der Waals surface area (Å²) in [6, 6.07) is 6.09. The molecule has 0 bridgehead atoms. The zero-order valence-electron chi connectivity index (χ0n) is 12.0. The zero-order valence-corrected chi connectivity index (χ0v) is 12.0. The molecule has 1 saturated heterocycles. The number of nitrogens with two attached hydrogens (primary N) is 1. The highest BCUT2D eigenvalue weighted by Gasteiger charge is 2.23. The molecular formula is C16H24N2O. The quantitative estimate of drug-likeness (QED) is 0.907. The Balaban J connectivity index is 2.03. The highest BCUT2D eigenvalue weighted by molar-refractivity contribution is 5.95. The summed E-state index contributed by atoms with van der Waals surface area (Å²) in [5.41, 5.74) is 8.67. The molecule has 1 aliphatic rings. The van der Waals surface area contributed by atoms with E-state index in [-0.39, 0.29) is 5.91 Å². The van der Waals surface area contributed by atoms with Crippen LogP contribution in [0.4, 0.5) is 0 Å². The van der Waals surface area contributed by atoms with Gasteiger partial charge in [-0.3, -0.25) is 4.79 Å². The number of piperidine rings is 1. The topological polar surface area (TPSA) is 46.3 Å². The van der Waals surface area contributed by atoms with Crippen LogP contribution in [0.2, 0.25) is 0 Å². The zero-order chi connectivity index (χ0) is 13.8. The van der Waals surface area contributed by atoms with Gasteiger partial charge in [-0.15, -0.1) is 0 Å². The molecule has 0 spiro atoms. The van der Waals surface area contributed by atoms with E-state index in [1.807, 2.05) is 30.9 Å². The summed E-state index contributed by atoms with van der Waals surface area (Å²) in [6.45, 7) is 6.54. The van der Waals surface area contributed by atoms with E-state index in [1.54, 1.807) is 0 Å². The molecule has 19 heavy (non-hydrogen) atoms. The van der Waals surface area contributed by atoms with E-state index in [4.69, 9.17) is 5.73 Å². The van der Waals surface area contributed by atoms with Crippen molar-refractivity contribution in [2.45, 2.75) is 33.1 Å². The minimum Gasteiger partial charge on any atom is -0.339 e. The summed E-state index contributed by atoms with van der Waals surface area (Å²) in [5, 5.41) is 0. The van der Waals surface area contributed by atoms with Gasteiger partial charge in [0.15, 0.2) is 0 Å². The molecule has 1 aromatic rings. The molecule has 1 heterocycles. The number of aryl methyl sites for hydroxylation is 2. The maximum Gasteiger partial charge on any atom is 0.254 e. The molecule has 0 aromatic heterocycles. The number of carbonyl (C=O) groups excluding carboxylic acids is 1. The fourth-order valence-corrected chi connectivity index (χ4v) is 2.80. The van der Waals surface area contributed by atoms with E-state index in [0.29, 0.717) is 5.92 Å². The number of hydrogen-bond acceptors (Lipinski definition) is 2. The summed E-state index contributed by atoms with van der Waals surface area (Å²) in [7, 11) is 0. The largest absolute Gasteiger partial charge is 0.339 e. The predicted molar refractivity (Wildman–Crippen MR) is 78.2 cm³/mol. The molecule has 0 unspecified atom stereocenters. The van der Waals surface area contributed by atoms with Crippen molar-refractivity contribution in [1.29, 1.82) is 0 Å². The highest BCUT2D eigenvalue weighted by Crippen LogP contribution is 2.22. The van der Waals surface area contributed by atoms with Crippen molar-refractivity contribution in [1.82, 2.24) is 4.90 Å². The average Bonchev–Trinajstić information content (AvgIpc) is 2.42. The van der Waals surface area contributed by atoms with Crippen LogP contribution in [0.25, 0.3) is 0 Å². The van der Waals surface area contributed by atoms with Crippen molar-refractivity contribution in [2.75, 3.05) is 19.6 Å². The molecule has 3 heteroatoms. The van der Waals surface area contributed by atoms with Crippen LogP contribution in [0.3, 0.4) is 0 Å². The van der Waals surface area contributed by atoms with E-state index >= 15 is 0 Å². The maximum atomic E-state index is 12.5. The molecule has 2 N–H and O–H groups in total. The van der Waals surface area contributed by atoms with Crippen LogP contribution in [0.15, 0.2) is 18.2 Å². The minimum absolute atomic E-state index is 0.187. The Morgan fingerprint density at radius 1 is 1.32 bits per heavy atom. The van der Waals surface area contributed by atoms with Gasteiger partial charge in [0.25, 0.3) is 5.91 Å². The fraction of sp³-hybridized carbons (Fsp3) is 0.562. The third-order valence-electron chi connectivity index (χ3n) is 4.10. The van der Waals surface area contributed by atoms with Crippen molar-refractivity contribution in [3.8, 4) is 0 Å². The number of rotatable bonds is 3. The third-order valence-corrected chi connectivity index (χ3v) is 4.10. The van der Waals surface area contributed by atoms with Crippen molar-refractivity contribution in [2.24, 2.45) is 11.7 Å². The first-order valence-corrected chi connectivity index (χ1v) is 7.18. The first-order valence-electron chi connectivity index (χ1n) is 7.18. The standard InChI is InChI=1S/C16H24N2O/c1-12-3-4-13(2)15(11-12)16(19)18-9-6-14(5-8-17)7-10-18/h3-4,11,14H,5-10,17H2,1-2H3. The molecule has 3 nitrogen and oxygen atoms in total. The lowest BCUT2D eigenvalue weighted by atomic mass is 9.93. The van der Waals surface area contributed by atoms with Crippen LogP contribution in [-0.4, -0.2) is 30.4 Å². The molecule has 1 aromatic carbocycles. The van der Waals surface area contributed by atoms with Crippen LogP contribution in [-0.2, 0) is 0 Å². The Morgan fingerprint density at radius 2 is 2.00 bits per heavy atom. The van der Waals surface area contributed by atoms with Gasteiger partial charge < -0.3 is 10.6 Å². The molecule has 1 amide bonds. The van der Waals surface area contributed by atoms with Gasteiger partial charge in [0.05, 0.1) is 0 Å². The molecule has 1 fully saturated rings. The van der Waals surface area contributed by atoms with Crippen LogP contribution < -0.4 is 5.73 Å². The molecule has 1 aliphatic heterocycles. The smallest absolute Gasteiger partial charge is 0.254 e. The van der Waals surface area contributed by atoms with E-state index < -0.39 is 0 Å². The molecule has 104 valence electrons. The van der Waals surface area contributed by atoms with Gasteiger partial charge in [0.2, 0.25) is 0 Å². The fourth-order valence-electron chi connectivity index (χ4n) is 2.80. The summed E-state index contributed by atoms with van der Waals surface area (Å²) >= 11 is 0. The van der Waals surface area contributed by atoms with Crippen molar-refractivity contribution >= 4 is 5.91 Å². The third kappa shape index (κ3) is 3.35. The van der Waals surface area contributed by atoms with Gasteiger partial charge in [0, 0.05) is 18.7 Å². The number of carbonyl (C=O) groups is 1. The Bertz CT molecular complexity index is 448. The van der Waals surface area contributed by atoms with Gasteiger partial charge >= 0.3 is 0 Å². The monoisotopic (exact) mass is 260 g/mol. The molecule has 0 atom stereocenters. The lowest BCUT2D eigenvalue weighted by Gasteiger charge is -2.32. The molecule has 0 radical (unpaired) electrons. The summed E-state index contributed by atoms with van der Waals surface area (Å²) in [5.74, 6) is 0.889. The second kappa shape index (κ2) is 6.20. The Hall–Kier alpha value is -1.35. The summed E-state index contributed by atoms with van der Waals surface area (Å²) < 4.78 is 0. The minimum atomic E-state index is 0.187. The number of benzene rings is 1. The van der Waals surface area contributed by atoms with Gasteiger partial charge in [-0.05, 0) is 57.2 Å².